The van der Waals surface area contributed by atoms with Gasteiger partial charge in [0.15, 0.2) is 0 Å². The van der Waals surface area contributed by atoms with Crippen LogP contribution < -0.4 is 5.32 Å². The highest BCUT2D eigenvalue weighted by Gasteiger charge is 2.35. The van der Waals surface area contributed by atoms with Crippen molar-refractivity contribution in [1.29, 1.82) is 0 Å². The van der Waals surface area contributed by atoms with E-state index in [9.17, 15) is 14.4 Å². The van der Waals surface area contributed by atoms with Gasteiger partial charge in [-0.15, -0.1) is 0 Å². The molecule has 0 saturated carbocycles. The maximum Gasteiger partial charge on any atom is 0.270 e. The van der Waals surface area contributed by atoms with E-state index in [1.54, 1.807) is 11.9 Å². The lowest BCUT2D eigenvalue weighted by Crippen LogP contribution is -2.58. The Bertz CT molecular complexity index is 475. The van der Waals surface area contributed by atoms with Gasteiger partial charge in [-0.2, -0.15) is 5.10 Å². The third kappa shape index (κ3) is 3.40. The molecule has 0 aliphatic carbocycles. The molecule has 1 unspecified atom stereocenters. The molecular weight excluding hydrogens is 272 g/mol. The first kappa shape index (κ1) is 15.5. The molecule has 1 saturated heterocycles. The molecule has 0 aromatic rings. The predicted octanol–water partition coefficient (Wildman–Crippen LogP) is 0.112. The van der Waals surface area contributed by atoms with Crippen LogP contribution in [0.15, 0.2) is 5.10 Å². The number of nitrogens with zero attached hydrogens (tertiary/aromatic N) is 3. The Labute approximate surface area is 124 Å². The van der Waals surface area contributed by atoms with Crippen LogP contribution in [-0.2, 0) is 14.4 Å². The summed E-state index contributed by atoms with van der Waals surface area (Å²) >= 11 is 0. The quantitative estimate of drug-likeness (QED) is 0.799. The molecule has 21 heavy (non-hydrogen) atoms. The van der Waals surface area contributed by atoms with E-state index < -0.39 is 6.04 Å². The smallest absolute Gasteiger partial charge is 0.270 e. The minimum atomic E-state index is -0.420. The normalized spacial score (nSPS) is 23.0. The topological polar surface area (TPSA) is 82.1 Å². The van der Waals surface area contributed by atoms with Crippen LogP contribution in [0.5, 0.6) is 0 Å². The van der Waals surface area contributed by atoms with Gasteiger partial charge in [-0.1, -0.05) is 19.8 Å². The van der Waals surface area contributed by atoms with Gasteiger partial charge in [0.1, 0.15) is 11.8 Å². The van der Waals surface area contributed by atoms with Crippen molar-refractivity contribution in [3.63, 3.8) is 0 Å². The lowest BCUT2D eigenvalue weighted by molar-refractivity contribution is -0.139. The fourth-order valence-electron chi connectivity index (χ4n) is 2.63. The zero-order valence-electron chi connectivity index (χ0n) is 12.6. The second-order valence-electron chi connectivity index (χ2n) is 5.41. The van der Waals surface area contributed by atoms with Crippen LogP contribution in [0.25, 0.3) is 0 Å². The van der Waals surface area contributed by atoms with Crippen molar-refractivity contribution in [2.75, 3.05) is 20.1 Å². The number of hydrogen-bond acceptors (Lipinski definition) is 4. The van der Waals surface area contributed by atoms with Gasteiger partial charge in [0.05, 0.1) is 0 Å². The van der Waals surface area contributed by atoms with Gasteiger partial charge in [0.2, 0.25) is 11.8 Å². The van der Waals surface area contributed by atoms with Crippen LogP contribution in [-0.4, -0.2) is 59.5 Å². The summed E-state index contributed by atoms with van der Waals surface area (Å²) in [5, 5.41) is 8.07. The molecule has 0 radical (unpaired) electrons. The van der Waals surface area contributed by atoms with Crippen LogP contribution >= 0.6 is 0 Å². The summed E-state index contributed by atoms with van der Waals surface area (Å²) in [6, 6.07) is -0.420. The monoisotopic (exact) mass is 294 g/mol. The van der Waals surface area contributed by atoms with Crippen molar-refractivity contribution in [2.45, 2.75) is 45.1 Å². The van der Waals surface area contributed by atoms with E-state index in [1.807, 2.05) is 0 Å². The molecule has 0 aromatic carbocycles. The molecule has 7 heteroatoms. The van der Waals surface area contributed by atoms with Crippen LogP contribution in [0.1, 0.15) is 39.0 Å². The lowest BCUT2D eigenvalue weighted by Gasteiger charge is -2.36. The van der Waals surface area contributed by atoms with E-state index in [4.69, 9.17) is 0 Å². The molecule has 1 atom stereocenters. The predicted molar refractivity (Wildman–Crippen MR) is 77.5 cm³/mol. The molecule has 2 aliphatic heterocycles. The van der Waals surface area contributed by atoms with Gasteiger partial charge in [-0.05, 0) is 6.42 Å². The van der Waals surface area contributed by atoms with Gasteiger partial charge in [0, 0.05) is 33.0 Å². The molecule has 1 N–H and O–H groups in total. The van der Waals surface area contributed by atoms with Gasteiger partial charge >= 0.3 is 0 Å². The molecule has 7 nitrogen and oxygen atoms in total. The molecule has 1 fully saturated rings. The Morgan fingerprint density at radius 1 is 1.38 bits per heavy atom. The van der Waals surface area contributed by atoms with Crippen molar-refractivity contribution in [1.82, 2.24) is 15.2 Å². The second kappa shape index (κ2) is 6.69. The zero-order valence-corrected chi connectivity index (χ0v) is 12.6. The number of carbonyl (C=O) groups excluding carboxylic acids is 3. The first-order valence-corrected chi connectivity index (χ1v) is 7.47. The minimum absolute atomic E-state index is 0.0922. The highest BCUT2D eigenvalue weighted by atomic mass is 16.2. The second-order valence-corrected chi connectivity index (χ2v) is 5.41. The number of hydrogen-bond donors (Lipinski definition) is 1. The number of carbonyl (C=O) groups is 3. The highest BCUT2D eigenvalue weighted by molar-refractivity contribution is 6.39. The fraction of sp³-hybridized carbons (Fsp3) is 0.714. The highest BCUT2D eigenvalue weighted by Crippen LogP contribution is 2.16. The van der Waals surface area contributed by atoms with Crippen LogP contribution in [0.2, 0.25) is 0 Å². The summed E-state index contributed by atoms with van der Waals surface area (Å²) in [6.45, 7) is 3.02. The minimum Gasteiger partial charge on any atom is -0.353 e. The summed E-state index contributed by atoms with van der Waals surface area (Å²) < 4.78 is 0. The van der Waals surface area contributed by atoms with Crippen LogP contribution in [0, 0.1) is 0 Å². The summed E-state index contributed by atoms with van der Waals surface area (Å²) in [5.41, 5.74) is 0.369. The van der Waals surface area contributed by atoms with E-state index in [-0.39, 0.29) is 17.7 Å². The van der Waals surface area contributed by atoms with Crippen molar-refractivity contribution in [3.8, 4) is 0 Å². The van der Waals surface area contributed by atoms with Crippen molar-refractivity contribution in [3.05, 3.63) is 0 Å². The third-order valence-corrected chi connectivity index (χ3v) is 3.88. The molecule has 2 rings (SSSR count). The number of amides is 3. The largest absolute Gasteiger partial charge is 0.353 e. The summed E-state index contributed by atoms with van der Waals surface area (Å²) in [7, 11) is 1.55. The van der Waals surface area contributed by atoms with Crippen LogP contribution in [0.3, 0.4) is 0 Å². The lowest BCUT2D eigenvalue weighted by atomic mass is 10.0. The molecule has 2 aliphatic rings. The van der Waals surface area contributed by atoms with E-state index in [0.717, 1.165) is 12.8 Å². The first-order chi connectivity index (χ1) is 10.0. The molecule has 0 aromatic heterocycles. The zero-order chi connectivity index (χ0) is 15.4. The molecule has 0 bridgehead atoms. The van der Waals surface area contributed by atoms with Gasteiger partial charge < -0.3 is 10.2 Å². The summed E-state index contributed by atoms with van der Waals surface area (Å²) in [5.74, 6) is -0.403. The molecule has 2 heterocycles. The standard InChI is InChI=1S/C14H22N4O3/c1-3-4-5-11-13(20)15-8-9-18(11)14(21)10-6-7-12(19)17(2)16-10/h11H,3-9H2,1-2H3,(H,15,20). The Hall–Kier alpha value is -1.92. The van der Waals surface area contributed by atoms with Gasteiger partial charge in [-0.3, -0.25) is 14.4 Å². The fourth-order valence-corrected chi connectivity index (χ4v) is 2.63. The maximum absolute atomic E-state index is 12.6. The van der Waals surface area contributed by atoms with Crippen molar-refractivity contribution in [2.24, 2.45) is 5.10 Å². The van der Waals surface area contributed by atoms with Gasteiger partial charge in [0.25, 0.3) is 5.91 Å². The molecule has 116 valence electrons. The number of nitrogens with one attached hydrogen (secondary N) is 1. The van der Waals surface area contributed by atoms with Crippen LogP contribution in [0.4, 0.5) is 0 Å². The Morgan fingerprint density at radius 3 is 2.81 bits per heavy atom. The van der Waals surface area contributed by atoms with E-state index in [0.29, 0.717) is 38.1 Å². The summed E-state index contributed by atoms with van der Waals surface area (Å²) in [6.07, 6.45) is 3.17. The Balaban J connectivity index is 2.13. The number of hydrazone groups is 1. The van der Waals surface area contributed by atoms with Crippen molar-refractivity contribution >= 4 is 23.4 Å². The SMILES string of the molecule is CCCCC1C(=O)NCCN1C(=O)C1=NN(C)C(=O)CC1. The number of piperazine rings is 1. The van der Waals surface area contributed by atoms with E-state index in [2.05, 4.69) is 17.3 Å². The first-order valence-electron chi connectivity index (χ1n) is 7.47. The molecular formula is C14H22N4O3. The molecule has 3 amide bonds. The third-order valence-electron chi connectivity index (χ3n) is 3.88. The average molecular weight is 294 g/mol. The average Bonchev–Trinajstić information content (AvgIpc) is 2.48. The molecule has 0 spiro atoms. The van der Waals surface area contributed by atoms with Gasteiger partial charge in [-0.25, -0.2) is 5.01 Å². The van der Waals surface area contributed by atoms with E-state index >= 15 is 0 Å². The Morgan fingerprint density at radius 2 is 2.14 bits per heavy atom. The number of unbranched alkanes of at least 4 members (excludes halogenated alkanes) is 1. The van der Waals surface area contributed by atoms with E-state index in [1.165, 1.54) is 5.01 Å². The number of rotatable bonds is 4. The Kier molecular flexibility index (Phi) is 4.93. The maximum atomic E-state index is 12.6. The summed E-state index contributed by atoms with van der Waals surface area (Å²) in [4.78, 5) is 37.6. The van der Waals surface area contributed by atoms with Crippen molar-refractivity contribution < 1.29 is 14.4 Å².